The second-order valence-electron chi connectivity index (χ2n) is 6.74. The van der Waals surface area contributed by atoms with Gasteiger partial charge in [-0.2, -0.15) is 5.10 Å². The number of ether oxygens (including phenoxy) is 1. The minimum absolute atomic E-state index is 0.100. The summed E-state index contributed by atoms with van der Waals surface area (Å²) >= 11 is 0. The van der Waals surface area contributed by atoms with Crippen molar-refractivity contribution in [3.63, 3.8) is 0 Å². The number of rotatable bonds is 3. The Morgan fingerprint density at radius 3 is 2.16 bits per heavy atom. The minimum atomic E-state index is -0.510. The van der Waals surface area contributed by atoms with E-state index in [4.69, 9.17) is 4.74 Å². The van der Waals surface area contributed by atoms with Gasteiger partial charge in [-0.25, -0.2) is 9.69 Å². The molecule has 0 saturated heterocycles. The van der Waals surface area contributed by atoms with Crippen molar-refractivity contribution in [2.45, 2.75) is 26.2 Å². The molecule has 0 saturated carbocycles. The van der Waals surface area contributed by atoms with Gasteiger partial charge in [0.05, 0.1) is 5.69 Å². The fourth-order valence-corrected chi connectivity index (χ4v) is 2.35. The number of anilines is 2. The summed E-state index contributed by atoms with van der Waals surface area (Å²) in [6, 6.07) is 20.2. The van der Waals surface area contributed by atoms with Crippen LogP contribution in [0.1, 0.15) is 26.5 Å². The molecule has 3 rings (SSSR count). The van der Waals surface area contributed by atoms with Gasteiger partial charge in [0.25, 0.3) is 0 Å². The van der Waals surface area contributed by atoms with Crippen LogP contribution in [0.3, 0.4) is 0 Å². The predicted molar refractivity (Wildman–Crippen MR) is 98.3 cm³/mol. The van der Waals surface area contributed by atoms with Gasteiger partial charge in [0.1, 0.15) is 5.75 Å². The van der Waals surface area contributed by atoms with Gasteiger partial charge >= 0.3 is 6.09 Å². The third kappa shape index (κ3) is 3.88. The monoisotopic (exact) mass is 335 g/mol. The third-order valence-corrected chi connectivity index (χ3v) is 3.75. The molecule has 1 amide bonds. The van der Waals surface area contributed by atoms with E-state index < -0.39 is 6.09 Å². The van der Waals surface area contributed by atoms with Crippen molar-refractivity contribution in [2.24, 2.45) is 0 Å². The summed E-state index contributed by atoms with van der Waals surface area (Å²) in [5.41, 5.74) is 1.53. The van der Waals surface area contributed by atoms with E-state index in [2.05, 4.69) is 31.0 Å². The zero-order chi connectivity index (χ0) is 17.9. The molecule has 5 heteroatoms. The number of benzene rings is 2. The SMILES string of the molecule is CC(C)(C)c1cc(N(C(=O)Oc2ccccc2)c2ccccc2)n[nH]1. The number of hydrogen-bond acceptors (Lipinski definition) is 3. The van der Waals surface area contributed by atoms with Crippen LogP contribution in [0, 0.1) is 0 Å². The fourth-order valence-electron chi connectivity index (χ4n) is 2.35. The Labute approximate surface area is 147 Å². The Balaban J connectivity index is 1.96. The number of amides is 1. The number of carbonyl (C=O) groups excluding carboxylic acids is 1. The quantitative estimate of drug-likeness (QED) is 0.729. The van der Waals surface area contributed by atoms with Gasteiger partial charge in [0.15, 0.2) is 5.82 Å². The van der Waals surface area contributed by atoms with Gasteiger partial charge in [-0.3, -0.25) is 5.10 Å². The van der Waals surface area contributed by atoms with Crippen LogP contribution in [0.5, 0.6) is 5.75 Å². The Hall–Kier alpha value is -3.08. The zero-order valence-electron chi connectivity index (χ0n) is 14.6. The van der Waals surface area contributed by atoms with Gasteiger partial charge < -0.3 is 4.74 Å². The number of para-hydroxylation sites is 2. The molecule has 0 aliphatic carbocycles. The maximum atomic E-state index is 12.8. The van der Waals surface area contributed by atoms with Crippen molar-refractivity contribution in [3.05, 3.63) is 72.4 Å². The lowest BCUT2D eigenvalue weighted by Crippen LogP contribution is -2.29. The van der Waals surface area contributed by atoms with E-state index in [1.165, 1.54) is 4.90 Å². The highest BCUT2D eigenvalue weighted by molar-refractivity contribution is 5.96. The second kappa shape index (κ2) is 6.81. The molecule has 0 fully saturated rings. The molecule has 5 nitrogen and oxygen atoms in total. The summed E-state index contributed by atoms with van der Waals surface area (Å²) in [5, 5.41) is 7.34. The first-order valence-corrected chi connectivity index (χ1v) is 8.13. The molecule has 0 aliphatic rings. The largest absolute Gasteiger partial charge is 0.425 e. The Kier molecular flexibility index (Phi) is 4.57. The summed E-state index contributed by atoms with van der Waals surface area (Å²) in [7, 11) is 0. The van der Waals surface area contributed by atoms with Crippen LogP contribution in [-0.2, 0) is 5.41 Å². The Morgan fingerprint density at radius 1 is 1.00 bits per heavy atom. The highest BCUT2D eigenvalue weighted by Crippen LogP contribution is 2.29. The van der Waals surface area contributed by atoms with E-state index in [0.717, 1.165) is 5.69 Å². The molecule has 1 heterocycles. The summed E-state index contributed by atoms with van der Waals surface area (Å²) in [6.45, 7) is 6.25. The maximum absolute atomic E-state index is 12.8. The number of H-pyrrole nitrogens is 1. The molecule has 0 unspecified atom stereocenters. The van der Waals surface area contributed by atoms with E-state index in [1.807, 2.05) is 54.6 Å². The number of carbonyl (C=O) groups is 1. The zero-order valence-corrected chi connectivity index (χ0v) is 14.6. The molecule has 2 aromatic carbocycles. The summed E-state index contributed by atoms with van der Waals surface area (Å²) in [5.74, 6) is 0.983. The smallest absolute Gasteiger partial charge is 0.410 e. The Morgan fingerprint density at radius 2 is 1.60 bits per heavy atom. The number of aromatic amines is 1. The molecule has 3 aromatic rings. The Bertz CT molecular complexity index is 836. The van der Waals surface area contributed by atoms with Crippen molar-refractivity contribution in [3.8, 4) is 5.75 Å². The van der Waals surface area contributed by atoms with E-state index in [0.29, 0.717) is 17.3 Å². The lowest BCUT2D eigenvalue weighted by Gasteiger charge is -2.20. The minimum Gasteiger partial charge on any atom is -0.410 e. The van der Waals surface area contributed by atoms with Crippen LogP contribution in [0.15, 0.2) is 66.7 Å². The first-order chi connectivity index (χ1) is 11.9. The molecule has 128 valence electrons. The van der Waals surface area contributed by atoms with Crippen molar-refractivity contribution in [1.82, 2.24) is 10.2 Å². The molecule has 1 aromatic heterocycles. The van der Waals surface area contributed by atoms with Crippen LogP contribution < -0.4 is 9.64 Å². The van der Waals surface area contributed by atoms with Gasteiger partial charge in [-0.1, -0.05) is 57.2 Å². The molecule has 0 spiro atoms. The fraction of sp³-hybridized carbons (Fsp3) is 0.200. The van der Waals surface area contributed by atoms with Crippen LogP contribution in [0.2, 0.25) is 0 Å². The van der Waals surface area contributed by atoms with Crippen molar-refractivity contribution < 1.29 is 9.53 Å². The van der Waals surface area contributed by atoms with Crippen LogP contribution >= 0.6 is 0 Å². The molecular formula is C20H21N3O2. The van der Waals surface area contributed by atoms with E-state index in [-0.39, 0.29) is 5.41 Å². The lowest BCUT2D eigenvalue weighted by atomic mass is 9.92. The molecule has 0 aliphatic heterocycles. The summed E-state index contributed by atoms with van der Waals surface area (Å²) < 4.78 is 5.51. The molecule has 0 bridgehead atoms. The summed E-state index contributed by atoms with van der Waals surface area (Å²) in [6.07, 6.45) is -0.510. The van der Waals surface area contributed by atoms with E-state index >= 15 is 0 Å². The number of aromatic nitrogens is 2. The standard InChI is InChI=1S/C20H21N3O2/c1-20(2,3)17-14-18(22-21-17)23(15-10-6-4-7-11-15)19(24)25-16-12-8-5-9-13-16/h4-14H,1-3H3,(H,21,22). The van der Waals surface area contributed by atoms with Gasteiger partial charge in [0, 0.05) is 17.2 Å². The molecule has 0 atom stereocenters. The summed E-state index contributed by atoms with van der Waals surface area (Å²) in [4.78, 5) is 14.3. The van der Waals surface area contributed by atoms with E-state index in [1.54, 1.807) is 12.1 Å². The highest BCUT2D eigenvalue weighted by atomic mass is 16.6. The van der Waals surface area contributed by atoms with Gasteiger partial charge in [-0.15, -0.1) is 0 Å². The predicted octanol–water partition coefficient (Wildman–Crippen LogP) is 5.04. The molecule has 25 heavy (non-hydrogen) atoms. The first-order valence-electron chi connectivity index (χ1n) is 8.13. The van der Waals surface area contributed by atoms with Crippen molar-refractivity contribution in [1.29, 1.82) is 0 Å². The highest BCUT2D eigenvalue weighted by Gasteiger charge is 2.25. The van der Waals surface area contributed by atoms with Crippen molar-refractivity contribution in [2.75, 3.05) is 4.90 Å². The number of nitrogens with zero attached hydrogens (tertiary/aromatic N) is 2. The van der Waals surface area contributed by atoms with Gasteiger partial charge in [-0.05, 0) is 24.3 Å². The van der Waals surface area contributed by atoms with Gasteiger partial charge in [0.2, 0.25) is 0 Å². The topological polar surface area (TPSA) is 58.2 Å². The molecular weight excluding hydrogens is 314 g/mol. The normalized spacial score (nSPS) is 11.2. The number of hydrogen-bond donors (Lipinski definition) is 1. The third-order valence-electron chi connectivity index (χ3n) is 3.75. The average Bonchev–Trinajstić information content (AvgIpc) is 3.07. The molecule has 0 radical (unpaired) electrons. The van der Waals surface area contributed by atoms with Crippen LogP contribution in [-0.4, -0.2) is 16.3 Å². The molecule has 1 N–H and O–H groups in total. The maximum Gasteiger partial charge on any atom is 0.425 e. The average molecular weight is 335 g/mol. The first kappa shape index (κ1) is 16.8. The lowest BCUT2D eigenvalue weighted by molar-refractivity contribution is 0.210. The van der Waals surface area contributed by atoms with Crippen LogP contribution in [0.25, 0.3) is 0 Å². The second-order valence-corrected chi connectivity index (χ2v) is 6.74. The van der Waals surface area contributed by atoms with Crippen molar-refractivity contribution >= 4 is 17.6 Å². The number of nitrogens with one attached hydrogen (secondary N) is 1. The van der Waals surface area contributed by atoms with Crippen LogP contribution in [0.4, 0.5) is 16.3 Å². The van der Waals surface area contributed by atoms with E-state index in [9.17, 15) is 4.79 Å².